The fraction of sp³-hybridized carbons (Fsp3) is 0.0417. The third kappa shape index (κ3) is 2.33. The van der Waals surface area contributed by atoms with Crippen LogP contribution in [-0.2, 0) is 0 Å². The Balaban J connectivity index is 1.74. The van der Waals surface area contributed by atoms with Gasteiger partial charge in [0.25, 0.3) is 0 Å². The molecule has 148 valence electrons. The number of H-pyrrole nitrogens is 1. The van der Waals surface area contributed by atoms with Gasteiger partial charge in [0.1, 0.15) is 23.2 Å². The molecule has 3 aromatic heterocycles. The molecule has 0 radical (unpaired) electrons. The summed E-state index contributed by atoms with van der Waals surface area (Å²) in [6.07, 6.45) is 1.74. The standard InChI is InChI=1S/C24H16N6O/c25-11-14-21(26)20-18(16-7-3-4-10-28-16)13-8-9-17-19(12-5-1-2-6-15(12)29-17)22(13)31-24(20)30-23(14)27/h1-10,18,29H,(H4,26,27,30). The summed E-state index contributed by atoms with van der Waals surface area (Å²) < 4.78 is 6.34. The summed E-state index contributed by atoms with van der Waals surface area (Å²) in [6, 6.07) is 19.9. The number of aromatic nitrogens is 3. The number of rotatable bonds is 1. The Labute approximate surface area is 176 Å². The summed E-state index contributed by atoms with van der Waals surface area (Å²) in [5.74, 6) is 0.690. The number of hydrogen-bond acceptors (Lipinski definition) is 6. The second kappa shape index (κ2) is 6.21. The molecule has 1 aliphatic heterocycles. The van der Waals surface area contributed by atoms with Crippen molar-refractivity contribution in [1.82, 2.24) is 15.0 Å². The van der Waals surface area contributed by atoms with Gasteiger partial charge in [0.2, 0.25) is 5.88 Å². The molecule has 7 nitrogen and oxygen atoms in total. The highest BCUT2D eigenvalue weighted by atomic mass is 16.5. The number of nitrogen functional groups attached to an aromatic ring is 2. The van der Waals surface area contributed by atoms with Crippen molar-refractivity contribution < 1.29 is 4.74 Å². The van der Waals surface area contributed by atoms with Gasteiger partial charge in [-0.1, -0.05) is 30.3 Å². The first-order valence-electron chi connectivity index (χ1n) is 9.78. The highest BCUT2D eigenvalue weighted by Gasteiger charge is 2.36. The number of nitrogens with zero attached hydrogens (tertiary/aromatic N) is 3. The molecular weight excluding hydrogens is 388 g/mol. The summed E-state index contributed by atoms with van der Waals surface area (Å²) in [4.78, 5) is 12.4. The van der Waals surface area contributed by atoms with Crippen LogP contribution >= 0.6 is 0 Å². The first-order chi connectivity index (χ1) is 15.2. The number of aromatic amines is 1. The van der Waals surface area contributed by atoms with Crippen molar-refractivity contribution in [1.29, 1.82) is 5.26 Å². The maximum atomic E-state index is 9.57. The Kier molecular flexibility index (Phi) is 3.47. The Morgan fingerprint density at radius 1 is 1.00 bits per heavy atom. The van der Waals surface area contributed by atoms with Crippen LogP contribution < -0.4 is 16.2 Å². The van der Waals surface area contributed by atoms with Gasteiger partial charge in [-0.05, 0) is 24.3 Å². The van der Waals surface area contributed by atoms with Crippen LogP contribution in [0.5, 0.6) is 11.6 Å². The number of nitrogens with two attached hydrogens (primary N) is 2. The Morgan fingerprint density at radius 2 is 1.84 bits per heavy atom. The SMILES string of the molecule is N#Cc1c(N)nc2c(c1N)C(c1ccccn1)c1ccc3[nH]c4ccccc4c3c1O2. The van der Waals surface area contributed by atoms with Crippen LogP contribution in [0.1, 0.15) is 28.3 Å². The van der Waals surface area contributed by atoms with Crippen LogP contribution in [0.15, 0.2) is 60.8 Å². The van der Waals surface area contributed by atoms with Crippen molar-refractivity contribution >= 4 is 33.3 Å². The summed E-state index contributed by atoms with van der Waals surface area (Å²) in [7, 11) is 0. The fourth-order valence-corrected chi connectivity index (χ4v) is 4.46. The zero-order valence-electron chi connectivity index (χ0n) is 16.3. The molecule has 1 aliphatic rings. The molecule has 0 aliphatic carbocycles. The van der Waals surface area contributed by atoms with Gasteiger partial charge < -0.3 is 21.2 Å². The van der Waals surface area contributed by atoms with Crippen molar-refractivity contribution in [2.45, 2.75) is 5.92 Å². The van der Waals surface area contributed by atoms with E-state index in [-0.39, 0.29) is 23.0 Å². The lowest BCUT2D eigenvalue weighted by Gasteiger charge is -2.29. The van der Waals surface area contributed by atoms with Gasteiger partial charge in [0.05, 0.1) is 33.8 Å². The highest BCUT2D eigenvalue weighted by Crippen LogP contribution is 2.52. The molecule has 0 amide bonds. The van der Waals surface area contributed by atoms with Crippen molar-refractivity contribution in [2.24, 2.45) is 0 Å². The predicted octanol–water partition coefficient (Wildman–Crippen LogP) is 4.43. The maximum absolute atomic E-state index is 9.57. The Bertz CT molecular complexity index is 1550. The van der Waals surface area contributed by atoms with Gasteiger partial charge in [0.15, 0.2) is 0 Å². The molecular formula is C24H16N6O. The van der Waals surface area contributed by atoms with E-state index in [4.69, 9.17) is 16.2 Å². The highest BCUT2D eigenvalue weighted by molar-refractivity contribution is 6.11. The van der Waals surface area contributed by atoms with E-state index in [0.717, 1.165) is 33.1 Å². The quantitative estimate of drug-likeness (QED) is 0.372. The summed E-state index contributed by atoms with van der Waals surface area (Å²) >= 11 is 0. The zero-order valence-corrected chi connectivity index (χ0v) is 16.3. The van der Waals surface area contributed by atoms with Gasteiger partial charge in [-0.25, -0.2) is 0 Å². The molecule has 0 saturated heterocycles. The summed E-state index contributed by atoms with van der Waals surface area (Å²) in [5.41, 5.74) is 17.2. The lowest BCUT2D eigenvalue weighted by molar-refractivity contribution is 0.440. The number of pyridine rings is 2. The van der Waals surface area contributed by atoms with E-state index < -0.39 is 0 Å². The minimum Gasteiger partial charge on any atom is -0.437 e. The molecule has 0 bridgehead atoms. The lowest BCUT2D eigenvalue weighted by atomic mass is 9.83. The van der Waals surface area contributed by atoms with E-state index >= 15 is 0 Å². The van der Waals surface area contributed by atoms with Crippen LogP contribution in [-0.4, -0.2) is 15.0 Å². The van der Waals surface area contributed by atoms with Gasteiger partial charge in [0, 0.05) is 22.7 Å². The molecule has 0 spiro atoms. The van der Waals surface area contributed by atoms with Gasteiger partial charge in [-0.2, -0.15) is 10.2 Å². The monoisotopic (exact) mass is 404 g/mol. The minimum absolute atomic E-state index is 0.0491. The average molecular weight is 404 g/mol. The zero-order chi connectivity index (χ0) is 21.1. The molecule has 1 atom stereocenters. The largest absolute Gasteiger partial charge is 0.437 e. The first kappa shape index (κ1) is 17.3. The van der Waals surface area contributed by atoms with Gasteiger partial charge in [-0.3, -0.25) is 4.98 Å². The molecule has 1 unspecified atom stereocenters. The van der Waals surface area contributed by atoms with E-state index in [2.05, 4.69) is 27.1 Å². The first-order valence-corrected chi connectivity index (χ1v) is 9.78. The predicted molar refractivity (Wildman–Crippen MR) is 119 cm³/mol. The number of hydrogen-bond donors (Lipinski definition) is 3. The smallest absolute Gasteiger partial charge is 0.227 e. The van der Waals surface area contributed by atoms with Crippen molar-refractivity contribution in [3.63, 3.8) is 0 Å². The van der Waals surface area contributed by atoms with Crippen LogP contribution in [0, 0.1) is 11.3 Å². The number of para-hydroxylation sites is 1. The summed E-state index contributed by atoms with van der Waals surface area (Å²) in [6.45, 7) is 0. The Morgan fingerprint density at radius 3 is 2.65 bits per heavy atom. The molecule has 4 heterocycles. The molecule has 5 N–H and O–H groups in total. The lowest BCUT2D eigenvalue weighted by Crippen LogP contribution is -2.18. The fourth-order valence-electron chi connectivity index (χ4n) is 4.46. The normalized spacial score (nSPS) is 14.6. The van der Waals surface area contributed by atoms with E-state index in [0.29, 0.717) is 17.2 Å². The molecule has 6 rings (SSSR count). The maximum Gasteiger partial charge on any atom is 0.227 e. The van der Waals surface area contributed by atoms with E-state index in [1.165, 1.54) is 0 Å². The number of anilines is 2. The number of nitrogens with one attached hydrogen (secondary N) is 1. The molecule has 0 fully saturated rings. The van der Waals surface area contributed by atoms with Crippen molar-refractivity contribution in [2.75, 3.05) is 11.5 Å². The van der Waals surface area contributed by atoms with E-state index in [9.17, 15) is 5.26 Å². The molecule has 2 aromatic carbocycles. The van der Waals surface area contributed by atoms with Crippen LogP contribution in [0.3, 0.4) is 0 Å². The van der Waals surface area contributed by atoms with Crippen LogP contribution in [0.4, 0.5) is 11.5 Å². The Hall–Kier alpha value is -4.57. The second-order valence-corrected chi connectivity index (χ2v) is 7.48. The number of fused-ring (bicyclic) bond motifs is 6. The van der Waals surface area contributed by atoms with Crippen LogP contribution in [0.25, 0.3) is 21.8 Å². The number of nitriles is 1. The van der Waals surface area contributed by atoms with Gasteiger partial charge >= 0.3 is 0 Å². The second-order valence-electron chi connectivity index (χ2n) is 7.48. The number of benzene rings is 2. The molecule has 31 heavy (non-hydrogen) atoms. The minimum atomic E-state index is -0.349. The molecule has 5 aromatic rings. The van der Waals surface area contributed by atoms with Gasteiger partial charge in [-0.15, -0.1) is 0 Å². The molecule has 7 heteroatoms. The van der Waals surface area contributed by atoms with E-state index in [1.54, 1.807) is 6.20 Å². The molecule has 0 saturated carbocycles. The topological polar surface area (TPSA) is 127 Å². The van der Waals surface area contributed by atoms with Crippen LogP contribution in [0.2, 0.25) is 0 Å². The summed E-state index contributed by atoms with van der Waals surface area (Å²) in [5, 5.41) is 11.6. The van der Waals surface area contributed by atoms with Crippen molar-refractivity contribution in [3.05, 3.63) is 83.2 Å². The third-order valence-corrected chi connectivity index (χ3v) is 5.82. The number of ether oxygens (including phenoxy) is 1. The third-order valence-electron chi connectivity index (χ3n) is 5.82. The average Bonchev–Trinajstić information content (AvgIpc) is 3.18. The van der Waals surface area contributed by atoms with E-state index in [1.807, 2.05) is 48.5 Å². The van der Waals surface area contributed by atoms with Crippen molar-refractivity contribution in [3.8, 4) is 17.7 Å².